The maximum atomic E-state index is 14.8. The zero-order valence-electron chi connectivity index (χ0n) is 36.8. The molecule has 4 aromatic rings. The highest BCUT2D eigenvalue weighted by Gasteiger charge is 2.65. The lowest BCUT2D eigenvalue weighted by Crippen LogP contribution is -2.70. The number of ether oxygens (including phenoxy) is 4. The molecule has 0 bridgehead atoms. The van der Waals surface area contributed by atoms with E-state index in [1.54, 1.807) is 29.2 Å². The van der Waals surface area contributed by atoms with E-state index in [2.05, 4.69) is 29.9 Å². The fourth-order valence-corrected chi connectivity index (χ4v) is 9.91. The standard InChI is InChI=1S/C51H59N3O11/c1-3-28-63-51-47(53(24-29-62-30-27-57)48(58)23-16-35-14-18-39(19-15-35)54(59)60)34-45(52-61-2)43-32-38(12-6-8-25-55)42(13-7-9-26-56)49(50(43)51)44-33-41(21-22-46(44)65-51)64-40-20-17-36-10-4-5-11-37(36)31-40/h3-5,10-11,14-23,31-33,38,42,47,49-50,55-57H,1,6-9,12-13,24-30,34H2,2H3. The first kappa shape index (κ1) is 47.1. The van der Waals surface area contributed by atoms with Crippen molar-refractivity contribution in [1.82, 2.24) is 4.90 Å². The van der Waals surface area contributed by atoms with Crippen molar-refractivity contribution < 1.29 is 48.8 Å². The van der Waals surface area contributed by atoms with Gasteiger partial charge in [0.05, 0.1) is 43.0 Å². The van der Waals surface area contributed by atoms with Gasteiger partial charge in [-0.25, -0.2) is 0 Å². The van der Waals surface area contributed by atoms with Crippen LogP contribution in [0.2, 0.25) is 0 Å². The summed E-state index contributed by atoms with van der Waals surface area (Å²) in [6.45, 7) is 4.27. The Labute approximate surface area is 379 Å². The molecule has 0 spiro atoms. The van der Waals surface area contributed by atoms with Crippen LogP contribution in [0.4, 0.5) is 5.69 Å². The van der Waals surface area contributed by atoms with Gasteiger partial charge in [0, 0.05) is 55.9 Å². The quantitative estimate of drug-likeness (QED) is 0.0214. The van der Waals surface area contributed by atoms with Crippen LogP contribution in [0.25, 0.3) is 16.8 Å². The molecule has 3 aliphatic rings. The van der Waals surface area contributed by atoms with E-state index < -0.39 is 28.6 Å². The van der Waals surface area contributed by atoms with E-state index in [1.165, 1.54) is 25.3 Å². The molecule has 14 nitrogen and oxygen atoms in total. The summed E-state index contributed by atoms with van der Waals surface area (Å²) >= 11 is 0. The number of nitrogens with zero attached hydrogens (tertiary/aromatic N) is 3. The number of rotatable bonds is 23. The number of benzene rings is 4. The minimum atomic E-state index is -1.51. The average Bonchev–Trinajstić information content (AvgIpc) is 3.32. The van der Waals surface area contributed by atoms with Crippen molar-refractivity contribution in [3.8, 4) is 17.2 Å². The molecule has 2 aliphatic carbocycles. The molecule has 0 saturated heterocycles. The van der Waals surface area contributed by atoms with E-state index in [0.717, 1.165) is 47.6 Å². The molecule has 14 heteroatoms. The number of oxime groups is 1. The Hall–Kier alpha value is -5.90. The van der Waals surface area contributed by atoms with Crippen molar-refractivity contribution in [1.29, 1.82) is 0 Å². The second-order valence-corrected chi connectivity index (χ2v) is 16.6. The first-order valence-corrected chi connectivity index (χ1v) is 22.4. The summed E-state index contributed by atoms with van der Waals surface area (Å²) in [6.07, 6.45) is 11.5. The fourth-order valence-electron chi connectivity index (χ4n) is 9.91. The topological polar surface area (TPSA) is 183 Å². The van der Waals surface area contributed by atoms with Crippen molar-refractivity contribution in [2.24, 2.45) is 22.9 Å². The average molecular weight is 890 g/mol. The zero-order chi connectivity index (χ0) is 45.8. The van der Waals surface area contributed by atoms with Gasteiger partial charge in [0.2, 0.25) is 11.7 Å². The van der Waals surface area contributed by atoms with Crippen LogP contribution < -0.4 is 9.47 Å². The van der Waals surface area contributed by atoms with Gasteiger partial charge in [0.25, 0.3) is 5.69 Å². The lowest BCUT2D eigenvalue weighted by Gasteiger charge is -2.60. The van der Waals surface area contributed by atoms with Crippen molar-refractivity contribution in [2.75, 3.05) is 53.3 Å². The molecule has 0 radical (unpaired) electrons. The van der Waals surface area contributed by atoms with Crippen molar-refractivity contribution in [2.45, 2.75) is 62.7 Å². The second kappa shape index (κ2) is 22.3. The Morgan fingerprint density at radius 1 is 0.938 bits per heavy atom. The summed E-state index contributed by atoms with van der Waals surface area (Å²) < 4.78 is 26.8. The number of unbranched alkanes of at least 4 members (excludes halogenated alkanes) is 2. The third-order valence-electron chi connectivity index (χ3n) is 12.7. The van der Waals surface area contributed by atoms with E-state index in [4.69, 9.17) is 23.8 Å². The van der Waals surface area contributed by atoms with Gasteiger partial charge in [-0.15, -0.1) is 6.58 Å². The van der Waals surface area contributed by atoms with Crippen LogP contribution in [0.1, 0.15) is 62.0 Å². The lowest BCUT2D eigenvalue weighted by molar-refractivity contribution is -0.384. The molecule has 3 N–H and O–H groups in total. The third kappa shape index (κ3) is 10.6. The van der Waals surface area contributed by atoms with Gasteiger partial charge in [-0.1, -0.05) is 60.5 Å². The third-order valence-corrected chi connectivity index (χ3v) is 12.7. The van der Waals surface area contributed by atoms with Gasteiger partial charge < -0.3 is 44.0 Å². The molecule has 6 unspecified atom stereocenters. The van der Waals surface area contributed by atoms with Crippen molar-refractivity contribution >= 4 is 34.2 Å². The molecule has 6 atom stereocenters. The smallest absolute Gasteiger partial charge is 0.269 e. The molecular weight excluding hydrogens is 831 g/mol. The summed E-state index contributed by atoms with van der Waals surface area (Å²) in [4.78, 5) is 32.9. The monoisotopic (exact) mass is 889 g/mol. The van der Waals surface area contributed by atoms with Crippen LogP contribution in [0.3, 0.4) is 0 Å². The largest absolute Gasteiger partial charge is 0.459 e. The summed E-state index contributed by atoms with van der Waals surface area (Å²) in [5.41, 5.74) is 2.96. The molecule has 0 aromatic heterocycles. The molecule has 1 amide bonds. The number of aliphatic hydroxyl groups is 3. The van der Waals surface area contributed by atoms with Crippen LogP contribution in [0, 0.1) is 27.9 Å². The molecule has 1 aliphatic heterocycles. The Bertz CT molecular complexity index is 2360. The number of aliphatic hydroxyl groups excluding tert-OH is 3. The van der Waals surface area contributed by atoms with Gasteiger partial charge in [-0.3, -0.25) is 14.9 Å². The number of carbonyl (C=O) groups is 1. The molecule has 4 aromatic carbocycles. The second-order valence-electron chi connectivity index (χ2n) is 16.6. The maximum Gasteiger partial charge on any atom is 0.269 e. The van der Waals surface area contributed by atoms with Gasteiger partial charge in [0.15, 0.2) is 0 Å². The number of amides is 1. The number of nitro benzene ring substituents is 1. The zero-order valence-corrected chi connectivity index (χ0v) is 36.8. The molecule has 1 saturated carbocycles. The van der Waals surface area contributed by atoms with Crippen molar-refractivity contribution in [3.05, 3.63) is 137 Å². The number of fused-ring (bicyclic) bond motifs is 3. The van der Waals surface area contributed by atoms with E-state index in [0.29, 0.717) is 41.4 Å². The Morgan fingerprint density at radius 3 is 2.40 bits per heavy atom. The predicted octanol–water partition coefficient (Wildman–Crippen LogP) is 8.35. The van der Waals surface area contributed by atoms with Crippen LogP contribution in [0.15, 0.2) is 120 Å². The summed E-state index contributed by atoms with van der Waals surface area (Å²) in [5.74, 6) is -0.801. The number of hydrogen-bond acceptors (Lipinski definition) is 12. The number of allylic oxidation sites excluding steroid dienone is 1. The van der Waals surface area contributed by atoms with Gasteiger partial charge in [-0.05, 0) is 108 Å². The minimum absolute atomic E-state index is 0.000819. The molecule has 65 heavy (non-hydrogen) atoms. The van der Waals surface area contributed by atoms with Gasteiger partial charge in [-0.2, -0.15) is 0 Å². The van der Waals surface area contributed by atoms with Crippen LogP contribution in [-0.2, 0) is 19.1 Å². The SMILES string of the molecule is C=CCOC12Oc3ccc(Oc4ccc5ccccc5c4)cc3C3C(CCCCO)C(CCCCO)C=C(C(=NOC)CC1N(CCOCCO)C(=O)C=Cc1ccc([N+](=O)[O-])cc1)C32. The highest BCUT2D eigenvalue weighted by Crippen LogP contribution is 2.62. The Kier molecular flexibility index (Phi) is 16.2. The van der Waals surface area contributed by atoms with E-state index in [1.807, 2.05) is 48.5 Å². The lowest BCUT2D eigenvalue weighted by atomic mass is 9.55. The molecular formula is C51H59N3O11. The predicted molar refractivity (Wildman–Crippen MR) is 248 cm³/mol. The van der Waals surface area contributed by atoms with E-state index >= 15 is 0 Å². The molecule has 1 heterocycles. The Morgan fingerprint density at radius 2 is 1.68 bits per heavy atom. The van der Waals surface area contributed by atoms with Crippen LogP contribution >= 0.6 is 0 Å². The highest BCUT2D eigenvalue weighted by atomic mass is 16.7. The Balaban J connectivity index is 1.39. The normalized spacial score (nSPS) is 22.7. The van der Waals surface area contributed by atoms with Gasteiger partial charge in [0.1, 0.15) is 30.4 Å². The summed E-state index contributed by atoms with van der Waals surface area (Å²) in [5, 5.41) is 47.6. The maximum absolute atomic E-state index is 14.8. The highest BCUT2D eigenvalue weighted by molar-refractivity contribution is 6.03. The molecule has 1 fully saturated rings. The van der Waals surface area contributed by atoms with Crippen molar-refractivity contribution in [3.63, 3.8) is 0 Å². The van der Waals surface area contributed by atoms with E-state index in [9.17, 15) is 30.2 Å². The summed E-state index contributed by atoms with van der Waals surface area (Å²) in [6, 6.07) is 25.0. The first-order valence-electron chi connectivity index (χ1n) is 22.4. The first-order chi connectivity index (χ1) is 31.7. The number of carbonyl (C=O) groups excluding carboxylic acids is 1. The van der Waals surface area contributed by atoms with E-state index in [-0.39, 0.29) is 76.0 Å². The van der Waals surface area contributed by atoms with Gasteiger partial charge >= 0.3 is 0 Å². The fraction of sp³-hybridized carbons (Fsp3) is 0.412. The summed E-state index contributed by atoms with van der Waals surface area (Å²) in [7, 11) is 1.50. The van der Waals surface area contributed by atoms with Crippen LogP contribution in [-0.4, -0.2) is 102 Å². The number of nitro groups is 1. The number of hydrogen-bond donors (Lipinski definition) is 3. The number of non-ortho nitro benzene ring substituents is 1. The minimum Gasteiger partial charge on any atom is -0.459 e. The van der Waals surface area contributed by atoms with Crippen LogP contribution in [0.5, 0.6) is 17.2 Å². The molecule has 7 rings (SSSR count). The molecule has 344 valence electrons.